The predicted octanol–water partition coefficient (Wildman–Crippen LogP) is 13.9. The average Bonchev–Trinajstić information content (AvgIpc) is 3.87. The lowest BCUT2D eigenvalue weighted by molar-refractivity contribution is 0.672. The van der Waals surface area contributed by atoms with E-state index in [4.69, 9.17) is 12.6 Å². The summed E-state index contributed by atoms with van der Waals surface area (Å²) in [4.78, 5) is 1.71. The Balaban J connectivity index is 1.30. The van der Waals surface area contributed by atoms with Crippen molar-refractivity contribution in [1.29, 1.82) is 0 Å². The van der Waals surface area contributed by atoms with E-state index in [1.54, 1.807) is 4.90 Å². The maximum Gasteiger partial charge on any atom is 0.143 e. The summed E-state index contributed by atoms with van der Waals surface area (Å²) >= 11 is 0.882. The van der Waals surface area contributed by atoms with Crippen molar-refractivity contribution in [3.8, 4) is 22.3 Å². The van der Waals surface area contributed by atoms with Crippen LogP contribution in [0.15, 0.2) is 180 Å². The van der Waals surface area contributed by atoms with Crippen LogP contribution in [0.5, 0.6) is 0 Å². The summed E-state index contributed by atoms with van der Waals surface area (Å²) in [5, 5.41) is 3.34. The molecule has 10 aromatic rings. The topological polar surface area (TPSA) is 16.4 Å². The molecule has 0 saturated heterocycles. The molecule has 2 nitrogen and oxygen atoms in total. The van der Waals surface area contributed by atoms with E-state index in [1.165, 1.54) is 0 Å². The summed E-state index contributed by atoms with van der Waals surface area (Å²) < 4.78 is 107. The van der Waals surface area contributed by atoms with Gasteiger partial charge in [-0.25, -0.2) is 0 Å². The molecular formula is C46H29NOS. The van der Waals surface area contributed by atoms with E-state index in [2.05, 4.69) is 0 Å². The molecule has 0 spiro atoms. The maximum atomic E-state index is 9.72. The van der Waals surface area contributed by atoms with Crippen LogP contribution in [0.4, 0.5) is 17.1 Å². The second-order valence-corrected chi connectivity index (χ2v) is 12.6. The van der Waals surface area contributed by atoms with Gasteiger partial charge in [0.2, 0.25) is 0 Å². The Morgan fingerprint density at radius 1 is 0.510 bits per heavy atom. The van der Waals surface area contributed by atoms with Gasteiger partial charge in [0.05, 0.1) is 31.8 Å². The fourth-order valence-corrected chi connectivity index (χ4v) is 7.51. The zero-order valence-corrected chi connectivity index (χ0v) is 26.5. The molecule has 0 unspecified atom stereocenters. The van der Waals surface area contributed by atoms with E-state index in [0.717, 1.165) is 38.6 Å². The van der Waals surface area contributed by atoms with Crippen LogP contribution in [0.2, 0.25) is 0 Å². The quantitative estimate of drug-likeness (QED) is 0.184. The normalized spacial score (nSPS) is 14.8. The lowest BCUT2D eigenvalue weighted by Gasteiger charge is -2.28. The SMILES string of the molecule is [2H]c1c([2H])c(N(c2ccccc2-c2ccccc2)c2cccc3oc4c5ccccc5ccc4c23)c([2H])c([2H])c1-c1c([2H])c([2H])c2sc3c([2H])c([2H])c([2H])c([2H])c3c2c1[2H]. The molecule has 0 bridgehead atoms. The van der Waals surface area contributed by atoms with E-state index in [1.807, 2.05) is 109 Å². The molecule has 10 rings (SSSR count). The first-order chi connectivity index (χ1) is 28.9. The number of fused-ring (bicyclic) bond motifs is 8. The van der Waals surface area contributed by atoms with Gasteiger partial charge in [-0.05, 0) is 76.6 Å². The second kappa shape index (κ2) is 11.2. The molecule has 0 N–H and O–H groups in total. The number of para-hydroxylation sites is 1. The molecule has 0 amide bonds. The van der Waals surface area contributed by atoms with Gasteiger partial charge in [0, 0.05) is 42.2 Å². The van der Waals surface area contributed by atoms with Crippen LogP contribution in [0.25, 0.3) is 75.1 Å². The highest BCUT2D eigenvalue weighted by Crippen LogP contribution is 2.47. The first-order valence-electron chi connectivity index (χ1n) is 21.2. The lowest BCUT2D eigenvalue weighted by atomic mass is 9.99. The molecule has 0 aliphatic heterocycles. The Bertz CT molecular complexity index is 3440. The number of hydrogen-bond donors (Lipinski definition) is 0. The smallest absolute Gasteiger partial charge is 0.143 e. The van der Waals surface area contributed by atoms with Crippen molar-refractivity contribution in [2.24, 2.45) is 0 Å². The molecule has 0 atom stereocenters. The summed E-state index contributed by atoms with van der Waals surface area (Å²) in [5.74, 6) is 0. The van der Waals surface area contributed by atoms with Crippen molar-refractivity contribution >= 4 is 81.3 Å². The highest BCUT2D eigenvalue weighted by molar-refractivity contribution is 7.25. The van der Waals surface area contributed by atoms with Gasteiger partial charge in [-0.15, -0.1) is 11.3 Å². The molecule has 0 aliphatic rings. The average molecular weight is 655 g/mol. The van der Waals surface area contributed by atoms with Crippen molar-refractivity contribution in [2.45, 2.75) is 0 Å². The van der Waals surface area contributed by atoms with Crippen molar-refractivity contribution in [3.63, 3.8) is 0 Å². The standard InChI is InChI=1S/C46H29NOS/c1-2-11-31(12-3-1)35-14-6-8-17-40(35)47(41-18-10-19-42-45(41)38-27-23-32-13-4-5-15-36(32)46(38)48-42)34-25-21-30(22-26-34)33-24-28-44-39(29-33)37-16-7-9-20-43(37)49-44/h1-29H/i7D,9D,16D,20D,21D,22D,24D,25D,26D,28D,29D. The Kier molecular flexibility index (Phi) is 4.35. The zero-order chi connectivity index (χ0) is 41.9. The van der Waals surface area contributed by atoms with E-state index in [9.17, 15) is 6.85 Å². The lowest BCUT2D eigenvalue weighted by Crippen LogP contribution is -2.11. The van der Waals surface area contributed by atoms with Gasteiger partial charge in [0.1, 0.15) is 11.2 Å². The second-order valence-electron chi connectivity index (χ2n) is 11.6. The van der Waals surface area contributed by atoms with Crippen LogP contribution in [0.3, 0.4) is 0 Å². The number of nitrogens with zero attached hydrogens (tertiary/aromatic N) is 1. The number of anilines is 3. The number of thiophene rings is 1. The third kappa shape index (κ3) is 4.55. The minimum Gasteiger partial charge on any atom is -0.455 e. The largest absolute Gasteiger partial charge is 0.455 e. The summed E-state index contributed by atoms with van der Waals surface area (Å²) in [5.41, 5.74) is 3.06. The summed E-state index contributed by atoms with van der Waals surface area (Å²) in [7, 11) is 0. The van der Waals surface area contributed by atoms with Crippen LogP contribution in [0, 0.1) is 0 Å². The summed E-state index contributed by atoms with van der Waals surface area (Å²) in [6.07, 6.45) is 0. The monoisotopic (exact) mass is 654 g/mol. The predicted molar refractivity (Wildman–Crippen MR) is 210 cm³/mol. The van der Waals surface area contributed by atoms with Crippen molar-refractivity contribution in [1.82, 2.24) is 0 Å². The molecule has 230 valence electrons. The Morgan fingerprint density at radius 2 is 1.27 bits per heavy atom. The number of benzene rings is 8. The minimum atomic E-state index is -0.550. The summed E-state index contributed by atoms with van der Waals surface area (Å²) in [6, 6.07) is 29.4. The van der Waals surface area contributed by atoms with E-state index < -0.39 is 54.4 Å². The third-order valence-electron chi connectivity index (χ3n) is 8.81. The molecule has 0 aliphatic carbocycles. The molecule has 2 heterocycles. The highest BCUT2D eigenvalue weighted by Gasteiger charge is 2.22. The first-order valence-corrected chi connectivity index (χ1v) is 16.5. The van der Waals surface area contributed by atoms with Crippen LogP contribution >= 0.6 is 11.3 Å². The summed E-state index contributed by atoms with van der Waals surface area (Å²) in [6.45, 7) is 0. The van der Waals surface area contributed by atoms with Crippen molar-refractivity contribution in [2.75, 3.05) is 4.90 Å². The molecule has 0 fully saturated rings. The van der Waals surface area contributed by atoms with Crippen molar-refractivity contribution < 1.29 is 19.5 Å². The van der Waals surface area contributed by atoms with E-state index in [-0.39, 0.29) is 49.1 Å². The van der Waals surface area contributed by atoms with Crippen LogP contribution in [-0.4, -0.2) is 0 Å². The molecule has 3 heteroatoms. The fourth-order valence-electron chi connectivity index (χ4n) is 6.59. The minimum absolute atomic E-state index is 0.00420. The fraction of sp³-hybridized carbons (Fsp3) is 0. The van der Waals surface area contributed by atoms with Crippen LogP contribution in [0.1, 0.15) is 15.1 Å². The van der Waals surface area contributed by atoms with Gasteiger partial charge < -0.3 is 9.32 Å². The molecule has 8 aromatic carbocycles. The van der Waals surface area contributed by atoms with Gasteiger partial charge in [-0.2, -0.15) is 0 Å². The van der Waals surface area contributed by atoms with E-state index >= 15 is 0 Å². The molecule has 0 radical (unpaired) electrons. The maximum absolute atomic E-state index is 9.72. The molecule has 2 aromatic heterocycles. The van der Waals surface area contributed by atoms with Gasteiger partial charge in [0.25, 0.3) is 0 Å². The van der Waals surface area contributed by atoms with Gasteiger partial charge in [0.15, 0.2) is 0 Å². The Hall–Kier alpha value is -6.16. The number of rotatable bonds is 5. The van der Waals surface area contributed by atoms with Crippen LogP contribution in [-0.2, 0) is 0 Å². The molecule has 0 saturated carbocycles. The molecule has 49 heavy (non-hydrogen) atoms. The first kappa shape index (κ1) is 19.0. The Morgan fingerprint density at radius 3 is 2.18 bits per heavy atom. The van der Waals surface area contributed by atoms with Gasteiger partial charge in [-0.1, -0.05) is 121 Å². The van der Waals surface area contributed by atoms with E-state index in [0.29, 0.717) is 27.9 Å². The zero-order valence-electron chi connectivity index (χ0n) is 36.7. The highest BCUT2D eigenvalue weighted by atomic mass is 32.1. The van der Waals surface area contributed by atoms with Gasteiger partial charge >= 0.3 is 0 Å². The Labute approximate surface area is 303 Å². The number of hydrogen-bond acceptors (Lipinski definition) is 3. The van der Waals surface area contributed by atoms with Gasteiger partial charge in [-0.3, -0.25) is 0 Å². The third-order valence-corrected chi connectivity index (χ3v) is 9.83. The van der Waals surface area contributed by atoms with Crippen LogP contribution < -0.4 is 4.90 Å². The molecular weight excluding hydrogens is 615 g/mol. The number of furan rings is 1. The van der Waals surface area contributed by atoms with Crippen molar-refractivity contribution in [3.05, 3.63) is 176 Å².